The monoisotopic (exact) mass is 264 g/mol. The second-order valence-electron chi connectivity index (χ2n) is 3.56. The van der Waals surface area contributed by atoms with E-state index in [1.807, 2.05) is 0 Å². The van der Waals surface area contributed by atoms with E-state index in [0.29, 0.717) is 18.0 Å². The number of fused-ring (bicyclic) bond motifs is 1. The normalized spacial score (nSPS) is 10.9. The van der Waals surface area contributed by atoms with Crippen LogP contribution in [-0.2, 0) is 6.54 Å². The molecule has 3 heterocycles. The second-order valence-corrected chi connectivity index (χ2v) is 4.40. The van der Waals surface area contributed by atoms with E-state index in [0.717, 1.165) is 17.0 Å². The average Bonchev–Trinajstić information content (AvgIpc) is 2.94. The largest absolute Gasteiger partial charge is 0.364 e. The van der Waals surface area contributed by atoms with Gasteiger partial charge in [0.2, 0.25) is 0 Å². The van der Waals surface area contributed by atoms with Gasteiger partial charge < -0.3 is 10.3 Å². The van der Waals surface area contributed by atoms with Crippen molar-refractivity contribution in [3.63, 3.8) is 0 Å². The highest BCUT2D eigenvalue weighted by Crippen LogP contribution is 2.06. The highest BCUT2D eigenvalue weighted by Gasteiger charge is 2.02. The zero-order valence-corrected chi connectivity index (χ0v) is 9.82. The number of nitrogens with zero attached hydrogens (tertiary/aromatic N) is 3. The van der Waals surface area contributed by atoms with Crippen molar-refractivity contribution in [2.75, 3.05) is 5.32 Å². The molecule has 0 bridgehead atoms. The summed E-state index contributed by atoms with van der Waals surface area (Å²) >= 11 is 1.11. The number of aromatic amines is 2. The van der Waals surface area contributed by atoms with Gasteiger partial charge >= 0.3 is 10.6 Å². The van der Waals surface area contributed by atoms with Gasteiger partial charge in [0.1, 0.15) is 12.1 Å². The van der Waals surface area contributed by atoms with E-state index < -0.39 is 0 Å². The van der Waals surface area contributed by atoms with Crippen molar-refractivity contribution < 1.29 is 0 Å². The minimum atomic E-state index is -0.328. The SMILES string of the molecule is O=c1[nH]c(CNc2cc3n[nH]c(=O)n3cn2)cs1. The molecule has 0 fully saturated rings. The second kappa shape index (κ2) is 4.11. The lowest BCUT2D eigenvalue weighted by Gasteiger charge is -2.02. The van der Waals surface area contributed by atoms with Gasteiger partial charge in [0.25, 0.3) is 0 Å². The first kappa shape index (κ1) is 10.7. The standard InChI is InChI=1S/C9H8N6O2S/c16-8-14-13-7-1-6(11-4-15(7)8)10-2-5-3-18-9(17)12-5/h1,3-4,10H,2H2,(H,12,17)(H,14,16). The van der Waals surface area contributed by atoms with Crippen LogP contribution in [0.25, 0.3) is 5.65 Å². The predicted molar refractivity (Wildman–Crippen MR) is 65.9 cm³/mol. The zero-order chi connectivity index (χ0) is 12.5. The third kappa shape index (κ3) is 1.91. The summed E-state index contributed by atoms with van der Waals surface area (Å²) in [6, 6.07) is 1.64. The summed E-state index contributed by atoms with van der Waals surface area (Å²) < 4.78 is 1.30. The molecule has 0 atom stereocenters. The summed E-state index contributed by atoms with van der Waals surface area (Å²) in [6.07, 6.45) is 1.39. The Balaban J connectivity index is 1.82. The van der Waals surface area contributed by atoms with E-state index in [2.05, 4.69) is 25.5 Å². The van der Waals surface area contributed by atoms with Crippen LogP contribution in [0.4, 0.5) is 5.82 Å². The number of thiazole rings is 1. The fraction of sp³-hybridized carbons (Fsp3) is 0.111. The topological polar surface area (TPSA) is 108 Å². The number of nitrogens with one attached hydrogen (secondary N) is 3. The summed E-state index contributed by atoms with van der Waals surface area (Å²) in [4.78, 5) is 28.8. The van der Waals surface area contributed by atoms with Crippen LogP contribution in [0.15, 0.2) is 27.4 Å². The minimum Gasteiger partial charge on any atom is -0.364 e. The van der Waals surface area contributed by atoms with E-state index in [1.54, 1.807) is 11.4 Å². The molecule has 3 aromatic heterocycles. The van der Waals surface area contributed by atoms with Crippen molar-refractivity contribution in [2.45, 2.75) is 6.54 Å². The average molecular weight is 264 g/mol. The number of hydrogen-bond acceptors (Lipinski definition) is 6. The highest BCUT2D eigenvalue weighted by molar-refractivity contribution is 7.07. The lowest BCUT2D eigenvalue weighted by atomic mass is 10.4. The predicted octanol–water partition coefficient (Wildman–Crippen LogP) is -0.221. The summed E-state index contributed by atoms with van der Waals surface area (Å²) in [5, 5.41) is 10.9. The van der Waals surface area contributed by atoms with Gasteiger partial charge in [0.15, 0.2) is 5.65 Å². The molecule has 0 aromatic carbocycles. The molecule has 18 heavy (non-hydrogen) atoms. The Labute approximate surface area is 103 Å². The Hall–Kier alpha value is -2.42. The van der Waals surface area contributed by atoms with Gasteiger partial charge in [-0.05, 0) is 0 Å². The zero-order valence-electron chi connectivity index (χ0n) is 9.01. The molecule has 0 aliphatic carbocycles. The van der Waals surface area contributed by atoms with E-state index in [-0.39, 0.29) is 10.6 Å². The maximum Gasteiger partial charge on any atom is 0.348 e. The number of aromatic nitrogens is 5. The lowest BCUT2D eigenvalue weighted by Crippen LogP contribution is -2.10. The fourth-order valence-corrected chi connectivity index (χ4v) is 2.07. The molecule has 0 aliphatic rings. The molecule has 0 aliphatic heterocycles. The summed E-state index contributed by atoms with van der Waals surface area (Å²) in [7, 11) is 0. The fourth-order valence-electron chi connectivity index (χ4n) is 1.49. The molecular weight excluding hydrogens is 256 g/mol. The van der Waals surface area contributed by atoms with Gasteiger partial charge in [-0.1, -0.05) is 11.3 Å². The Bertz CT molecular complexity index is 797. The first-order valence-electron chi connectivity index (χ1n) is 5.06. The molecule has 92 valence electrons. The molecular formula is C9H8N6O2S. The van der Waals surface area contributed by atoms with Gasteiger partial charge in [-0.15, -0.1) is 0 Å². The van der Waals surface area contributed by atoms with Crippen molar-refractivity contribution >= 4 is 22.8 Å². The maximum absolute atomic E-state index is 11.2. The lowest BCUT2D eigenvalue weighted by molar-refractivity contribution is 0.984. The van der Waals surface area contributed by atoms with E-state index >= 15 is 0 Å². The van der Waals surface area contributed by atoms with Crippen molar-refractivity contribution in [3.05, 3.63) is 43.6 Å². The molecule has 0 spiro atoms. The molecule has 0 unspecified atom stereocenters. The molecule has 0 saturated heterocycles. The Morgan fingerprint density at radius 3 is 3.11 bits per heavy atom. The molecule has 0 saturated carbocycles. The van der Waals surface area contributed by atoms with Gasteiger partial charge in [-0.2, -0.15) is 5.10 Å². The van der Waals surface area contributed by atoms with Gasteiger partial charge in [-0.3, -0.25) is 4.79 Å². The quantitative estimate of drug-likeness (QED) is 0.606. The Kier molecular flexibility index (Phi) is 2.45. The van der Waals surface area contributed by atoms with Crippen LogP contribution in [0.2, 0.25) is 0 Å². The van der Waals surface area contributed by atoms with Crippen molar-refractivity contribution in [1.82, 2.24) is 24.6 Å². The minimum absolute atomic E-state index is 0.0888. The summed E-state index contributed by atoms with van der Waals surface area (Å²) in [5.74, 6) is 0.577. The van der Waals surface area contributed by atoms with Crippen LogP contribution in [0.5, 0.6) is 0 Å². The molecule has 0 amide bonds. The Morgan fingerprint density at radius 1 is 1.44 bits per heavy atom. The first-order chi connectivity index (χ1) is 8.72. The Morgan fingerprint density at radius 2 is 2.33 bits per heavy atom. The number of rotatable bonds is 3. The third-order valence-corrected chi connectivity index (χ3v) is 3.06. The van der Waals surface area contributed by atoms with E-state index in [9.17, 15) is 9.59 Å². The number of H-pyrrole nitrogens is 2. The molecule has 3 rings (SSSR count). The van der Waals surface area contributed by atoms with Crippen LogP contribution in [0.1, 0.15) is 5.69 Å². The van der Waals surface area contributed by atoms with Crippen molar-refractivity contribution in [2.24, 2.45) is 0 Å². The molecule has 8 nitrogen and oxygen atoms in total. The van der Waals surface area contributed by atoms with Gasteiger partial charge in [-0.25, -0.2) is 19.3 Å². The van der Waals surface area contributed by atoms with Crippen LogP contribution < -0.4 is 15.9 Å². The molecule has 0 radical (unpaired) electrons. The number of anilines is 1. The first-order valence-corrected chi connectivity index (χ1v) is 5.94. The molecule has 9 heteroatoms. The summed E-state index contributed by atoms with van der Waals surface area (Å²) in [5.41, 5.74) is 0.939. The highest BCUT2D eigenvalue weighted by atomic mass is 32.1. The maximum atomic E-state index is 11.2. The molecule has 3 aromatic rings. The third-order valence-electron chi connectivity index (χ3n) is 2.34. The van der Waals surface area contributed by atoms with Crippen LogP contribution in [0, 0.1) is 0 Å². The van der Waals surface area contributed by atoms with Crippen LogP contribution >= 0.6 is 11.3 Å². The van der Waals surface area contributed by atoms with Crippen molar-refractivity contribution in [1.29, 1.82) is 0 Å². The van der Waals surface area contributed by atoms with E-state index in [1.165, 1.54) is 10.7 Å². The van der Waals surface area contributed by atoms with Gasteiger partial charge in [0, 0.05) is 17.1 Å². The van der Waals surface area contributed by atoms with Gasteiger partial charge in [0.05, 0.1) is 6.54 Å². The van der Waals surface area contributed by atoms with E-state index in [4.69, 9.17) is 0 Å². The van der Waals surface area contributed by atoms with Crippen LogP contribution in [-0.4, -0.2) is 24.6 Å². The summed E-state index contributed by atoms with van der Waals surface area (Å²) in [6.45, 7) is 0.455. The smallest absolute Gasteiger partial charge is 0.348 e. The number of hydrogen-bond donors (Lipinski definition) is 3. The van der Waals surface area contributed by atoms with Crippen molar-refractivity contribution in [3.8, 4) is 0 Å². The van der Waals surface area contributed by atoms with Crippen LogP contribution in [0.3, 0.4) is 0 Å². The molecule has 3 N–H and O–H groups in total.